The average Bonchev–Trinajstić information content (AvgIpc) is 3.08. The van der Waals surface area contributed by atoms with Gasteiger partial charge in [-0.1, -0.05) is 12.1 Å². The summed E-state index contributed by atoms with van der Waals surface area (Å²) in [6, 6.07) is 5.91. The maximum atomic E-state index is 12.3. The lowest BCUT2D eigenvalue weighted by Gasteiger charge is -2.41. The summed E-state index contributed by atoms with van der Waals surface area (Å²) in [6.45, 7) is -0.609. The van der Waals surface area contributed by atoms with Crippen molar-refractivity contribution in [1.82, 2.24) is 0 Å². The van der Waals surface area contributed by atoms with Crippen LogP contribution in [0.2, 0.25) is 0 Å². The zero-order chi connectivity index (χ0) is 20.3. The highest BCUT2D eigenvalue weighted by Gasteiger charge is 2.48. The van der Waals surface area contributed by atoms with Crippen molar-refractivity contribution in [2.24, 2.45) is 0 Å². The fourth-order valence-corrected chi connectivity index (χ4v) is 3.03. The summed E-state index contributed by atoms with van der Waals surface area (Å²) >= 11 is 0. The molecule has 154 valence electrons. The van der Waals surface area contributed by atoms with Crippen molar-refractivity contribution in [2.45, 2.75) is 49.7 Å². The van der Waals surface area contributed by atoms with Crippen molar-refractivity contribution in [3.8, 4) is 5.75 Å². The first-order chi connectivity index (χ1) is 13.4. The summed E-state index contributed by atoms with van der Waals surface area (Å²) in [5.41, 5.74) is 0.565. The molecule has 28 heavy (non-hydrogen) atoms. The molecule has 1 aromatic rings. The van der Waals surface area contributed by atoms with E-state index >= 15 is 0 Å². The monoisotopic (exact) mass is 398 g/mol. The number of carbonyl (C=O) groups excluding carboxylic acids is 2. The van der Waals surface area contributed by atoms with Crippen LogP contribution in [0.25, 0.3) is 0 Å². The lowest BCUT2D eigenvalue weighted by atomic mass is 9.99. The first-order valence-corrected chi connectivity index (χ1v) is 8.78. The molecule has 3 rings (SSSR count). The van der Waals surface area contributed by atoms with Crippen LogP contribution in [0, 0.1) is 0 Å². The Morgan fingerprint density at radius 1 is 1.18 bits per heavy atom. The summed E-state index contributed by atoms with van der Waals surface area (Å²) in [5.74, 6) is -1.13. The number of aromatic hydroxyl groups is 1. The van der Waals surface area contributed by atoms with Gasteiger partial charge in [0.25, 0.3) is 0 Å². The molecule has 0 bridgehead atoms. The normalized spacial score (nSPS) is 32.8. The molecule has 6 atom stereocenters. The molecule has 0 unspecified atom stereocenters. The second-order valence-corrected chi connectivity index (χ2v) is 6.65. The van der Waals surface area contributed by atoms with Crippen molar-refractivity contribution >= 4 is 11.9 Å². The van der Waals surface area contributed by atoms with Crippen molar-refractivity contribution in [2.75, 3.05) is 13.2 Å². The van der Waals surface area contributed by atoms with Gasteiger partial charge in [-0.25, -0.2) is 0 Å². The summed E-state index contributed by atoms with van der Waals surface area (Å²) in [7, 11) is 0. The molecular formula is C18H22O10. The molecule has 0 aromatic heterocycles. The lowest BCUT2D eigenvalue weighted by molar-refractivity contribution is -0.313. The Bertz CT molecular complexity index is 690. The van der Waals surface area contributed by atoms with E-state index in [0.29, 0.717) is 5.56 Å². The number of ether oxygens (including phenoxy) is 4. The van der Waals surface area contributed by atoms with Crippen LogP contribution >= 0.6 is 0 Å². The van der Waals surface area contributed by atoms with Crippen molar-refractivity contribution in [1.29, 1.82) is 0 Å². The van der Waals surface area contributed by atoms with Crippen LogP contribution in [-0.4, -0.2) is 82.4 Å². The van der Waals surface area contributed by atoms with Gasteiger partial charge in [-0.05, 0) is 17.7 Å². The number of hydrogen-bond acceptors (Lipinski definition) is 10. The number of hydrogen-bond donors (Lipinski definition) is 4. The summed E-state index contributed by atoms with van der Waals surface area (Å²) in [6.07, 6.45) is -7.76. The summed E-state index contributed by atoms with van der Waals surface area (Å²) < 4.78 is 21.1. The van der Waals surface area contributed by atoms with Gasteiger partial charge in [0.2, 0.25) is 0 Å². The van der Waals surface area contributed by atoms with E-state index in [-0.39, 0.29) is 25.2 Å². The fraction of sp³-hybridized carbons (Fsp3) is 0.556. The summed E-state index contributed by atoms with van der Waals surface area (Å²) in [4.78, 5) is 23.5. The van der Waals surface area contributed by atoms with E-state index in [1.165, 1.54) is 24.3 Å². The molecule has 10 nitrogen and oxygen atoms in total. The van der Waals surface area contributed by atoms with E-state index < -0.39 is 55.4 Å². The second kappa shape index (κ2) is 8.84. The van der Waals surface area contributed by atoms with Crippen molar-refractivity contribution in [3.63, 3.8) is 0 Å². The average molecular weight is 398 g/mol. The topological polar surface area (TPSA) is 152 Å². The zero-order valence-electron chi connectivity index (χ0n) is 14.8. The Labute approximate surface area is 160 Å². The number of aliphatic hydroxyl groups is 3. The highest BCUT2D eigenvalue weighted by molar-refractivity contribution is 5.73. The Hall–Kier alpha value is -2.24. The second-order valence-electron chi connectivity index (χ2n) is 6.65. The van der Waals surface area contributed by atoms with Crippen LogP contribution in [0.3, 0.4) is 0 Å². The Kier molecular flexibility index (Phi) is 6.47. The molecule has 0 amide bonds. The van der Waals surface area contributed by atoms with Gasteiger partial charge in [0.1, 0.15) is 36.8 Å². The van der Waals surface area contributed by atoms with Gasteiger partial charge in [0.05, 0.1) is 19.4 Å². The molecule has 10 heteroatoms. The maximum Gasteiger partial charge on any atom is 0.310 e. The zero-order valence-corrected chi connectivity index (χ0v) is 14.8. The molecule has 0 saturated carbocycles. The number of cyclic esters (lactones) is 1. The molecule has 0 aliphatic carbocycles. The number of benzene rings is 1. The van der Waals surface area contributed by atoms with E-state index in [0.717, 1.165) is 0 Å². The number of phenolic OH excluding ortho intramolecular Hbond substituents is 1. The van der Waals surface area contributed by atoms with Gasteiger partial charge in [0, 0.05) is 0 Å². The largest absolute Gasteiger partial charge is 0.508 e. The van der Waals surface area contributed by atoms with Crippen LogP contribution in [-0.2, 0) is 35.0 Å². The third kappa shape index (κ3) is 4.78. The molecule has 2 aliphatic heterocycles. The third-order valence-electron chi connectivity index (χ3n) is 4.53. The molecular weight excluding hydrogens is 376 g/mol. The first-order valence-electron chi connectivity index (χ1n) is 8.78. The number of esters is 2. The SMILES string of the molecule is O=C1C[C@@H](O[C@@H]2O[C@H](CO)[C@@H](O)[C@H](O)[C@H]2OC(=O)Cc2ccc(O)cc2)CO1. The molecule has 0 spiro atoms. The van der Waals surface area contributed by atoms with Crippen LogP contribution < -0.4 is 0 Å². The number of aliphatic hydroxyl groups excluding tert-OH is 3. The Morgan fingerprint density at radius 3 is 2.50 bits per heavy atom. The maximum absolute atomic E-state index is 12.3. The van der Waals surface area contributed by atoms with Crippen LogP contribution in [0.5, 0.6) is 5.75 Å². The number of carbonyl (C=O) groups is 2. The fourth-order valence-electron chi connectivity index (χ4n) is 3.03. The predicted molar refractivity (Wildman–Crippen MR) is 89.9 cm³/mol. The first kappa shape index (κ1) is 20.5. The van der Waals surface area contributed by atoms with E-state index in [9.17, 15) is 30.0 Å². The van der Waals surface area contributed by atoms with E-state index in [2.05, 4.69) is 0 Å². The van der Waals surface area contributed by atoms with Crippen molar-refractivity contribution < 1.29 is 49.0 Å². The molecule has 4 N–H and O–H groups in total. The van der Waals surface area contributed by atoms with Gasteiger partial charge in [-0.15, -0.1) is 0 Å². The number of phenols is 1. The minimum Gasteiger partial charge on any atom is -0.508 e. The van der Waals surface area contributed by atoms with E-state index in [1.807, 2.05) is 0 Å². The van der Waals surface area contributed by atoms with Crippen LogP contribution in [0.4, 0.5) is 0 Å². The molecule has 2 saturated heterocycles. The van der Waals surface area contributed by atoms with Gasteiger partial charge in [0.15, 0.2) is 12.4 Å². The van der Waals surface area contributed by atoms with Crippen LogP contribution in [0.15, 0.2) is 24.3 Å². The molecule has 2 heterocycles. The Morgan fingerprint density at radius 2 is 1.89 bits per heavy atom. The van der Waals surface area contributed by atoms with Gasteiger partial charge in [-0.2, -0.15) is 0 Å². The summed E-state index contributed by atoms with van der Waals surface area (Å²) in [5, 5.41) is 39.0. The minimum atomic E-state index is -1.57. The highest BCUT2D eigenvalue weighted by Crippen LogP contribution is 2.27. The number of rotatable bonds is 6. The molecule has 1 aromatic carbocycles. The molecule has 2 fully saturated rings. The van der Waals surface area contributed by atoms with Gasteiger partial charge < -0.3 is 39.4 Å². The van der Waals surface area contributed by atoms with Gasteiger partial charge >= 0.3 is 11.9 Å². The van der Waals surface area contributed by atoms with Crippen molar-refractivity contribution in [3.05, 3.63) is 29.8 Å². The van der Waals surface area contributed by atoms with E-state index in [4.69, 9.17) is 18.9 Å². The quantitative estimate of drug-likeness (QED) is 0.422. The third-order valence-corrected chi connectivity index (χ3v) is 4.53. The minimum absolute atomic E-state index is 0.0185. The lowest BCUT2D eigenvalue weighted by Crippen LogP contribution is -2.61. The predicted octanol–water partition coefficient (Wildman–Crippen LogP) is -1.38. The molecule has 0 radical (unpaired) electrons. The van der Waals surface area contributed by atoms with E-state index in [1.54, 1.807) is 0 Å². The Balaban J connectivity index is 1.68. The highest BCUT2D eigenvalue weighted by atomic mass is 16.7. The van der Waals surface area contributed by atoms with Gasteiger partial charge in [-0.3, -0.25) is 9.59 Å². The standard InChI is InChI=1S/C18H22O10/c19-7-12-15(23)16(24)17(18(27-12)26-11-6-13(21)25-8-11)28-14(22)5-9-1-3-10(20)4-2-9/h1-4,11-12,15-20,23-24H,5-8H2/t11-,12-,15-,16+,17-,18-/m1/s1. The smallest absolute Gasteiger partial charge is 0.310 e. The molecule has 2 aliphatic rings. The van der Waals surface area contributed by atoms with Crippen LogP contribution in [0.1, 0.15) is 12.0 Å².